The highest BCUT2D eigenvalue weighted by Crippen LogP contribution is 2.23. The van der Waals surface area contributed by atoms with E-state index in [0.29, 0.717) is 11.1 Å². The molecule has 0 radical (unpaired) electrons. The van der Waals surface area contributed by atoms with Crippen LogP contribution in [-0.4, -0.2) is 24.0 Å². The maximum Gasteiger partial charge on any atom is 0.317 e. The van der Waals surface area contributed by atoms with Gasteiger partial charge in [-0.05, 0) is 37.5 Å². The summed E-state index contributed by atoms with van der Waals surface area (Å²) in [7, 11) is 1.84. The quantitative estimate of drug-likeness (QED) is 0.882. The molecule has 0 saturated heterocycles. The molecule has 1 saturated carbocycles. The van der Waals surface area contributed by atoms with Crippen LogP contribution in [0.15, 0.2) is 24.3 Å². The molecule has 2 amide bonds. The Morgan fingerprint density at radius 1 is 1.35 bits per heavy atom. The number of hydrogen-bond donors (Lipinski definition) is 1. The Hall–Kier alpha value is -1.22. The van der Waals surface area contributed by atoms with Gasteiger partial charge in [-0.25, -0.2) is 4.79 Å². The zero-order valence-corrected chi connectivity index (χ0v) is 13.0. The van der Waals surface area contributed by atoms with Crippen molar-refractivity contribution < 1.29 is 4.79 Å². The van der Waals surface area contributed by atoms with Crippen LogP contribution >= 0.6 is 11.6 Å². The molecular formula is C16H23ClN2O. The molecule has 1 aliphatic rings. The van der Waals surface area contributed by atoms with Gasteiger partial charge in [0.2, 0.25) is 0 Å². The summed E-state index contributed by atoms with van der Waals surface area (Å²) in [6.45, 7) is 2.02. The number of urea groups is 1. The Labute approximate surface area is 126 Å². The Morgan fingerprint density at radius 3 is 2.70 bits per heavy atom. The fraction of sp³-hybridized carbons (Fsp3) is 0.562. The fourth-order valence-electron chi connectivity index (χ4n) is 2.69. The van der Waals surface area contributed by atoms with Crippen molar-refractivity contribution >= 4 is 17.6 Å². The molecule has 0 heterocycles. The van der Waals surface area contributed by atoms with Gasteiger partial charge in [-0.3, -0.25) is 0 Å². The molecule has 4 heteroatoms. The fourth-order valence-corrected chi connectivity index (χ4v) is 2.89. The molecule has 2 rings (SSSR count). The van der Waals surface area contributed by atoms with Crippen LogP contribution in [0.4, 0.5) is 4.79 Å². The minimum absolute atomic E-state index is 0.00405. The van der Waals surface area contributed by atoms with Crippen molar-refractivity contribution in [3.05, 3.63) is 34.9 Å². The van der Waals surface area contributed by atoms with Gasteiger partial charge in [0.05, 0.1) is 6.04 Å². The highest BCUT2D eigenvalue weighted by atomic mass is 35.5. The van der Waals surface area contributed by atoms with E-state index in [4.69, 9.17) is 11.6 Å². The smallest absolute Gasteiger partial charge is 0.317 e. The zero-order valence-electron chi connectivity index (χ0n) is 12.2. The van der Waals surface area contributed by atoms with Gasteiger partial charge in [-0.2, -0.15) is 0 Å². The van der Waals surface area contributed by atoms with Gasteiger partial charge in [-0.15, -0.1) is 0 Å². The first-order valence-corrected chi connectivity index (χ1v) is 7.74. The SMILES string of the molecule is CC(c1cccc(Cl)c1)N(C)C(=O)NC1CCCCC1. The Morgan fingerprint density at radius 2 is 2.05 bits per heavy atom. The first kappa shape index (κ1) is 15.2. The molecule has 1 fully saturated rings. The van der Waals surface area contributed by atoms with E-state index >= 15 is 0 Å². The van der Waals surface area contributed by atoms with Gasteiger partial charge in [0.15, 0.2) is 0 Å². The average molecular weight is 295 g/mol. The van der Waals surface area contributed by atoms with E-state index in [1.807, 2.05) is 38.2 Å². The van der Waals surface area contributed by atoms with Crippen molar-refractivity contribution in [1.82, 2.24) is 10.2 Å². The van der Waals surface area contributed by atoms with E-state index in [9.17, 15) is 4.79 Å². The molecule has 1 aliphatic carbocycles. The predicted octanol–water partition coefficient (Wildman–Crippen LogP) is 4.38. The molecule has 0 spiro atoms. The number of carbonyl (C=O) groups is 1. The molecule has 0 aliphatic heterocycles. The highest BCUT2D eigenvalue weighted by Gasteiger charge is 2.21. The second kappa shape index (κ2) is 6.98. The molecule has 1 aromatic rings. The number of amides is 2. The van der Waals surface area contributed by atoms with Crippen molar-refractivity contribution in [2.45, 2.75) is 51.1 Å². The summed E-state index contributed by atoms with van der Waals surface area (Å²) in [6.07, 6.45) is 5.94. The summed E-state index contributed by atoms with van der Waals surface area (Å²) >= 11 is 6.01. The standard InChI is InChI=1S/C16H23ClN2O/c1-12(13-7-6-8-14(17)11-13)19(2)16(20)18-15-9-4-3-5-10-15/h6-8,11-12,15H,3-5,9-10H2,1-2H3,(H,18,20). The lowest BCUT2D eigenvalue weighted by Crippen LogP contribution is -2.44. The zero-order chi connectivity index (χ0) is 14.5. The van der Waals surface area contributed by atoms with Gasteiger partial charge in [0.25, 0.3) is 0 Å². The van der Waals surface area contributed by atoms with Crippen molar-refractivity contribution in [2.24, 2.45) is 0 Å². The van der Waals surface area contributed by atoms with Crippen LogP contribution in [0.25, 0.3) is 0 Å². The lowest BCUT2D eigenvalue weighted by molar-refractivity contribution is 0.186. The monoisotopic (exact) mass is 294 g/mol. The Bertz CT molecular complexity index is 458. The lowest BCUT2D eigenvalue weighted by Gasteiger charge is -2.29. The maximum absolute atomic E-state index is 12.3. The van der Waals surface area contributed by atoms with Crippen molar-refractivity contribution in [3.8, 4) is 0 Å². The summed E-state index contributed by atoms with van der Waals surface area (Å²) in [5.74, 6) is 0. The number of nitrogens with one attached hydrogen (secondary N) is 1. The van der Waals surface area contributed by atoms with Crippen LogP contribution in [0.3, 0.4) is 0 Å². The van der Waals surface area contributed by atoms with Gasteiger partial charge < -0.3 is 10.2 Å². The van der Waals surface area contributed by atoms with E-state index in [2.05, 4.69) is 5.32 Å². The normalized spacial score (nSPS) is 17.6. The second-order valence-electron chi connectivity index (χ2n) is 5.63. The third-order valence-corrected chi connectivity index (χ3v) is 4.40. The molecule has 1 unspecified atom stereocenters. The molecule has 0 bridgehead atoms. The van der Waals surface area contributed by atoms with Crippen molar-refractivity contribution in [3.63, 3.8) is 0 Å². The van der Waals surface area contributed by atoms with Crippen LogP contribution in [0.2, 0.25) is 5.02 Å². The van der Waals surface area contributed by atoms with Crippen LogP contribution in [0.5, 0.6) is 0 Å². The van der Waals surface area contributed by atoms with Crippen LogP contribution in [0.1, 0.15) is 50.6 Å². The number of carbonyl (C=O) groups excluding carboxylic acids is 1. The molecule has 1 aromatic carbocycles. The maximum atomic E-state index is 12.3. The number of benzene rings is 1. The molecule has 110 valence electrons. The van der Waals surface area contributed by atoms with Gasteiger partial charge in [-0.1, -0.05) is 43.0 Å². The molecular weight excluding hydrogens is 272 g/mol. The highest BCUT2D eigenvalue weighted by molar-refractivity contribution is 6.30. The molecule has 0 aromatic heterocycles. The predicted molar refractivity (Wildman–Crippen MR) is 83.0 cm³/mol. The number of nitrogens with zero attached hydrogens (tertiary/aromatic N) is 1. The average Bonchev–Trinajstić information content (AvgIpc) is 2.46. The van der Waals surface area contributed by atoms with E-state index in [0.717, 1.165) is 18.4 Å². The van der Waals surface area contributed by atoms with E-state index in [-0.39, 0.29) is 12.1 Å². The van der Waals surface area contributed by atoms with Gasteiger partial charge >= 0.3 is 6.03 Å². The topological polar surface area (TPSA) is 32.3 Å². The van der Waals surface area contributed by atoms with Crippen LogP contribution in [-0.2, 0) is 0 Å². The number of rotatable bonds is 3. The van der Waals surface area contributed by atoms with Crippen LogP contribution in [0, 0.1) is 0 Å². The van der Waals surface area contributed by atoms with Crippen molar-refractivity contribution in [1.29, 1.82) is 0 Å². The largest absolute Gasteiger partial charge is 0.335 e. The number of hydrogen-bond acceptors (Lipinski definition) is 1. The van der Waals surface area contributed by atoms with Crippen LogP contribution < -0.4 is 5.32 Å². The van der Waals surface area contributed by atoms with Gasteiger partial charge in [0.1, 0.15) is 0 Å². The summed E-state index contributed by atoms with van der Waals surface area (Å²) in [5.41, 5.74) is 1.05. The third-order valence-electron chi connectivity index (χ3n) is 4.17. The van der Waals surface area contributed by atoms with E-state index in [1.54, 1.807) is 4.90 Å². The minimum Gasteiger partial charge on any atom is -0.335 e. The Balaban J connectivity index is 1.95. The first-order chi connectivity index (χ1) is 9.58. The summed E-state index contributed by atoms with van der Waals surface area (Å²) in [4.78, 5) is 14.0. The molecule has 20 heavy (non-hydrogen) atoms. The second-order valence-corrected chi connectivity index (χ2v) is 6.06. The molecule has 3 nitrogen and oxygen atoms in total. The molecule has 1 N–H and O–H groups in total. The van der Waals surface area contributed by atoms with E-state index < -0.39 is 0 Å². The lowest BCUT2D eigenvalue weighted by atomic mass is 9.96. The first-order valence-electron chi connectivity index (χ1n) is 7.36. The summed E-state index contributed by atoms with van der Waals surface area (Å²) in [5, 5.41) is 3.84. The Kier molecular flexibility index (Phi) is 5.30. The molecule has 1 atom stereocenters. The van der Waals surface area contributed by atoms with Gasteiger partial charge in [0, 0.05) is 18.1 Å². The summed E-state index contributed by atoms with van der Waals surface area (Å²) in [6, 6.07) is 8.03. The minimum atomic E-state index is 0.00405. The van der Waals surface area contributed by atoms with E-state index in [1.165, 1.54) is 19.3 Å². The number of halogens is 1. The van der Waals surface area contributed by atoms with Crippen molar-refractivity contribution in [2.75, 3.05) is 7.05 Å². The third kappa shape index (κ3) is 3.89. The summed E-state index contributed by atoms with van der Waals surface area (Å²) < 4.78 is 0.